The van der Waals surface area contributed by atoms with Crippen LogP contribution in [0, 0.1) is 0 Å². The number of nitrogens with one attached hydrogen (secondary N) is 1. The van der Waals surface area contributed by atoms with Crippen molar-refractivity contribution in [3.63, 3.8) is 0 Å². The summed E-state index contributed by atoms with van der Waals surface area (Å²) in [4.78, 5) is 39.9. The number of esters is 1. The van der Waals surface area contributed by atoms with Gasteiger partial charge in [0, 0.05) is 25.9 Å². The molecule has 1 fully saturated rings. The van der Waals surface area contributed by atoms with E-state index in [1.807, 2.05) is 60.7 Å². The summed E-state index contributed by atoms with van der Waals surface area (Å²) in [6.45, 7) is 3.06. The minimum atomic E-state index is -0.702. The highest BCUT2D eigenvalue weighted by molar-refractivity contribution is 6.38. The molecule has 2 unspecified atom stereocenters. The highest BCUT2D eigenvalue weighted by Crippen LogP contribution is 2.26. The van der Waals surface area contributed by atoms with Crippen molar-refractivity contribution in [1.29, 1.82) is 0 Å². The molecule has 0 radical (unpaired) electrons. The second-order valence-electron chi connectivity index (χ2n) is 8.08. The number of hydrazone groups is 1. The van der Waals surface area contributed by atoms with Gasteiger partial charge >= 0.3 is 5.97 Å². The molecule has 0 aliphatic carbocycles. The van der Waals surface area contributed by atoms with Gasteiger partial charge in [0.15, 0.2) is 0 Å². The molecule has 33 heavy (non-hydrogen) atoms. The van der Waals surface area contributed by atoms with Crippen LogP contribution in [0.2, 0.25) is 0 Å². The Morgan fingerprint density at radius 3 is 2.45 bits per heavy atom. The van der Waals surface area contributed by atoms with Crippen LogP contribution in [0.5, 0.6) is 0 Å². The number of rotatable bonds is 8. The van der Waals surface area contributed by atoms with Crippen molar-refractivity contribution in [2.24, 2.45) is 5.10 Å². The van der Waals surface area contributed by atoms with Crippen LogP contribution in [-0.2, 0) is 19.1 Å². The van der Waals surface area contributed by atoms with Crippen molar-refractivity contribution in [3.05, 3.63) is 66.2 Å². The van der Waals surface area contributed by atoms with Gasteiger partial charge in [-0.1, -0.05) is 48.5 Å². The summed E-state index contributed by atoms with van der Waals surface area (Å²) >= 11 is 0. The third-order valence-electron chi connectivity index (χ3n) is 5.84. The van der Waals surface area contributed by atoms with E-state index in [0.29, 0.717) is 25.2 Å². The van der Waals surface area contributed by atoms with E-state index in [-0.39, 0.29) is 36.6 Å². The molecule has 2 atom stereocenters. The zero-order valence-corrected chi connectivity index (χ0v) is 18.6. The van der Waals surface area contributed by atoms with Gasteiger partial charge in [0.25, 0.3) is 0 Å². The largest absolute Gasteiger partial charge is 0.461 e. The maximum Gasteiger partial charge on any atom is 0.354 e. The molecular formula is C25H28N4O4. The van der Waals surface area contributed by atoms with Crippen molar-refractivity contribution in [1.82, 2.24) is 10.2 Å². The van der Waals surface area contributed by atoms with E-state index in [0.717, 1.165) is 12.0 Å². The van der Waals surface area contributed by atoms with Crippen LogP contribution in [0.3, 0.4) is 0 Å². The first-order valence-corrected chi connectivity index (χ1v) is 11.3. The number of hydrogen-bond acceptors (Lipinski definition) is 6. The summed E-state index contributed by atoms with van der Waals surface area (Å²) in [5, 5.41) is 9.11. The van der Waals surface area contributed by atoms with Crippen molar-refractivity contribution in [3.8, 4) is 0 Å². The van der Waals surface area contributed by atoms with Crippen molar-refractivity contribution in [2.45, 2.75) is 38.3 Å². The quantitative estimate of drug-likeness (QED) is 0.627. The number of ether oxygens (including phenoxy) is 1. The van der Waals surface area contributed by atoms with Crippen LogP contribution in [0.25, 0.3) is 0 Å². The number of likely N-dealkylation sites (tertiary alicyclic amines) is 1. The van der Waals surface area contributed by atoms with Gasteiger partial charge in [-0.15, -0.1) is 0 Å². The number of para-hydroxylation sites is 1. The van der Waals surface area contributed by atoms with Crippen LogP contribution >= 0.6 is 0 Å². The molecule has 1 N–H and O–H groups in total. The van der Waals surface area contributed by atoms with E-state index in [1.54, 1.807) is 16.8 Å². The third-order valence-corrected chi connectivity index (χ3v) is 5.84. The molecule has 0 aromatic heterocycles. The van der Waals surface area contributed by atoms with Crippen LogP contribution in [0.1, 0.15) is 37.8 Å². The molecule has 2 aliphatic heterocycles. The predicted octanol–water partition coefficient (Wildman–Crippen LogP) is 2.66. The molecule has 2 amide bonds. The van der Waals surface area contributed by atoms with Gasteiger partial charge in [-0.2, -0.15) is 5.10 Å². The first kappa shape index (κ1) is 22.5. The summed E-state index contributed by atoms with van der Waals surface area (Å²) in [5.41, 5.74) is 1.84. The molecule has 2 aliphatic rings. The normalized spacial score (nSPS) is 18.8. The molecule has 172 valence electrons. The van der Waals surface area contributed by atoms with E-state index < -0.39 is 12.0 Å². The summed E-state index contributed by atoms with van der Waals surface area (Å²) in [5.74, 6) is -0.678. The number of benzene rings is 2. The smallest absolute Gasteiger partial charge is 0.354 e. The molecular weight excluding hydrogens is 420 g/mol. The number of nitrogens with zero attached hydrogens (tertiary/aromatic N) is 3. The molecule has 2 aromatic carbocycles. The predicted molar refractivity (Wildman–Crippen MR) is 125 cm³/mol. The van der Waals surface area contributed by atoms with Crippen LogP contribution in [-0.4, -0.2) is 54.1 Å². The van der Waals surface area contributed by atoms with E-state index in [4.69, 9.17) is 4.74 Å². The second-order valence-corrected chi connectivity index (χ2v) is 8.08. The summed E-state index contributed by atoms with van der Waals surface area (Å²) in [7, 11) is 0. The van der Waals surface area contributed by atoms with Gasteiger partial charge in [-0.05, 0) is 31.0 Å². The Kier molecular flexibility index (Phi) is 7.02. The highest BCUT2D eigenvalue weighted by Gasteiger charge is 2.38. The van der Waals surface area contributed by atoms with Gasteiger partial charge in [0.05, 0.1) is 18.3 Å². The molecule has 2 aromatic rings. The standard InChI is InChI=1S/C25H28N4O4/c1-2-33-25(32)20-16-22(29(27-20)19-12-7-4-8-13-19)24(31)26-21(18-10-5-3-6-11-18)17-28-15-9-14-23(28)30/h3-8,10-13,21-22H,2,9,14-17H2,1H3,(H,26,31). The third kappa shape index (κ3) is 5.22. The molecule has 2 heterocycles. The van der Waals surface area contributed by atoms with Crippen molar-refractivity contribution >= 4 is 29.2 Å². The Morgan fingerprint density at radius 1 is 1.12 bits per heavy atom. The van der Waals surface area contributed by atoms with Crippen LogP contribution in [0.4, 0.5) is 5.69 Å². The molecule has 0 spiro atoms. The Balaban J connectivity index is 1.57. The van der Waals surface area contributed by atoms with Gasteiger partial charge in [0.2, 0.25) is 11.8 Å². The number of hydrogen-bond donors (Lipinski definition) is 1. The maximum atomic E-state index is 13.5. The lowest BCUT2D eigenvalue weighted by Gasteiger charge is -2.28. The Bertz CT molecular complexity index is 1030. The SMILES string of the molecule is CCOC(=O)C1=NN(c2ccccc2)C(C(=O)NC(CN2CCCC2=O)c2ccccc2)C1. The number of anilines is 1. The Morgan fingerprint density at radius 2 is 1.82 bits per heavy atom. The maximum absolute atomic E-state index is 13.5. The Labute approximate surface area is 193 Å². The minimum absolute atomic E-state index is 0.102. The van der Waals surface area contributed by atoms with Crippen LogP contribution < -0.4 is 10.3 Å². The molecule has 4 rings (SSSR count). The van der Waals surface area contributed by atoms with E-state index in [2.05, 4.69) is 10.4 Å². The fourth-order valence-corrected chi connectivity index (χ4v) is 4.18. The number of amides is 2. The summed E-state index contributed by atoms with van der Waals surface area (Å²) in [6.07, 6.45) is 1.51. The molecule has 1 saturated heterocycles. The zero-order valence-electron chi connectivity index (χ0n) is 18.6. The molecule has 8 nitrogen and oxygen atoms in total. The summed E-state index contributed by atoms with van der Waals surface area (Å²) < 4.78 is 5.12. The van der Waals surface area contributed by atoms with Gasteiger partial charge in [-0.3, -0.25) is 14.6 Å². The van der Waals surface area contributed by atoms with Crippen molar-refractivity contribution in [2.75, 3.05) is 24.7 Å². The minimum Gasteiger partial charge on any atom is -0.461 e. The fourth-order valence-electron chi connectivity index (χ4n) is 4.18. The van der Waals surface area contributed by atoms with Gasteiger partial charge in [-0.25, -0.2) is 4.79 Å². The van der Waals surface area contributed by atoms with Crippen molar-refractivity contribution < 1.29 is 19.1 Å². The molecule has 8 heteroatoms. The Hall–Kier alpha value is -3.68. The van der Waals surface area contributed by atoms with E-state index in [1.165, 1.54) is 0 Å². The number of carbonyl (C=O) groups excluding carboxylic acids is 3. The lowest BCUT2D eigenvalue weighted by molar-refractivity contribution is -0.135. The molecule has 0 bridgehead atoms. The molecule has 0 saturated carbocycles. The second kappa shape index (κ2) is 10.3. The topological polar surface area (TPSA) is 91.3 Å². The van der Waals surface area contributed by atoms with Gasteiger partial charge in [0.1, 0.15) is 11.8 Å². The first-order valence-electron chi connectivity index (χ1n) is 11.3. The lowest BCUT2D eigenvalue weighted by atomic mass is 10.0. The van der Waals surface area contributed by atoms with Gasteiger partial charge < -0.3 is 15.0 Å². The average Bonchev–Trinajstić information content (AvgIpc) is 3.47. The first-order chi connectivity index (χ1) is 16.1. The fraction of sp³-hybridized carbons (Fsp3) is 0.360. The lowest BCUT2D eigenvalue weighted by Crippen LogP contribution is -2.46. The summed E-state index contributed by atoms with van der Waals surface area (Å²) in [6, 6.07) is 17.8. The van der Waals surface area contributed by atoms with E-state index >= 15 is 0 Å². The average molecular weight is 449 g/mol. The van der Waals surface area contributed by atoms with E-state index in [9.17, 15) is 14.4 Å². The van der Waals surface area contributed by atoms with Crippen LogP contribution in [0.15, 0.2) is 65.8 Å². The zero-order chi connectivity index (χ0) is 23.2. The highest BCUT2D eigenvalue weighted by atomic mass is 16.5. The monoisotopic (exact) mass is 448 g/mol. The number of carbonyl (C=O) groups is 3.